The Bertz CT molecular complexity index is 426. The van der Waals surface area contributed by atoms with Gasteiger partial charge in [0.15, 0.2) is 0 Å². The van der Waals surface area contributed by atoms with Crippen LogP contribution in [0.15, 0.2) is 0 Å². The third-order valence-electron chi connectivity index (χ3n) is 4.64. The summed E-state index contributed by atoms with van der Waals surface area (Å²) in [6, 6.07) is -0.529. The Morgan fingerprint density at radius 3 is 2.55 bits per heavy atom. The third kappa shape index (κ3) is 2.98. The summed E-state index contributed by atoms with van der Waals surface area (Å²) in [5.74, 6) is -0.148. The number of aliphatic hydroxyl groups excluding tert-OH is 1. The van der Waals surface area contributed by atoms with Crippen molar-refractivity contribution in [1.82, 2.24) is 14.7 Å². The summed E-state index contributed by atoms with van der Waals surface area (Å²) in [5, 5.41) is 10.3. The Morgan fingerprint density at radius 2 is 1.91 bits per heavy atom. The van der Waals surface area contributed by atoms with Gasteiger partial charge < -0.3 is 14.7 Å². The fraction of sp³-hybridized carbons (Fsp3) is 0.867. The minimum Gasteiger partial charge on any atom is -0.390 e. The lowest BCUT2D eigenvalue weighted by atomic mass is 10.2. The van der Waals surface area contributed by atoms with Crippen LogP contribution < -0.4 is 0 Å². The van der Waals surface area contributed by atoms with Crippen LogP contribution in [-0.4, -0.2) is 88.8 Å². The van der Waals surface area contributed by atoms with E-state index in [1.807, 2.05) is 13.8 Å². The second kappa shape index (κ2) is 6.14. The molecule has 3 amide bonds. The molecule has 0 aromatic carbocycles. The summed E-state index contributed by atoms with van der Waals surface area (Å²) in [6.07, 6.45) is 1.19. The number of ether oxygens (including phenoxy) is 1. The maximum atomic E-state index is 12.2. The molecule has 3 aliphatic heterocycles. The SMILES string of the molecule is C[C@@H]1CN(C[C@H](O)CN2C(=O)[C@H]3CCCN3C2=O)C[C@H](C)O1. The third-order valence-corrected chi connectivity index (χ3v) is 4.64. The van der Waals surface area contributed by atoms with Gasteiger partial charge in [-0.05, 0) is 26.7 Å². The summed E-state index contributed by atoms with van der Waals surface area (Å²) < 4.78 is 5.67. The molecule has 0 radical (unpaired) electrons. The van der Waals surface area contributed by atoms with Crippen LogP contribution in [0.25, 0.3) is 0 Å². The van der Waals surface area contributed by atoms with Gasteiger partial charge in [0.1, 0.15) is 6.04 Å². The molecule has 0 aromatic heterocycles. The Labute approximate surface area is 130 Å². The van der Waals surface area contributed by atoms with Gasteiger partial charge >= 0.3 is 6.03 Å². The molecule has 124 valence electrons. The van der Waals surface area contributed by atoms with E-state index in [1.165, 1.54) is 4.90 Å². The highest BCUT2D eigenvalue weighted by atomic mass is 16.5. The number of amides is 3. The highest BCUT2D eigenvalue weighted by Crippen LogP contribution is 2.27. The first kappa shape index (κ1) is 15.7. The van der Waals surface area contributed by atoms with Crippen molar-refractivity contribution in [2.75, 3.05) is 32.7 Å². The number of urea groups is 1. The number of aliphatic hydroxyl groups is 1. The molecule has 0 spiro atoms. The number of carbonyl (C=O) groups is 2. The predicted molar refractivity (Wildman–Crippen MR) is 79.3 cm³/mol. The van der Waals surface area contributed by atoms with E-state index >= 15 is 0 Å². The van der Waals surface area contributed by atoms with Gasteiger partial charge in [-0.3, -0.25) is 14.6 Å². The zero-order valence-electron chi connectivity index (χ0n) is 13.3. The summed E-state index contributed by atoms with van der Waals surface area (Å²) in [6.45, 7) is 6.75. The molecule has 4 atom stereocenters. The second-order valence-corrected chi connectivity index (χ2v) is 6.71. The van der Waals surface area contributed by atoms with Crippen molar-refractivity contribution in [3.63, 3.8) is 0 Å². The van der Waals surface area contributed by atoms with Crippen LogP contribution in [0.4, 0.5) is 4.79 Å². The van der Waals surface area contributed by atoms with Gasteiger partial charge in [0.25, 0.3) is 5.91 Å². The Morgan fingerprint density at radius 1 is 1.23 bits per heavy atom. The molecule has 3 rings (SSSR count). The minimum absolute atomic E-state index is 0.0881. The van der Waals surface area contributed by atoms with Crippen LogP contribution in [0.3, 0.4) is 0 Å². The lowest BCUT2D eigenvalue weighted by Crippen LogP contribution is -2.50. The number of fused-ring (bicyclic) bond motifs is 1. The molecule has 3 heterocycles. The van der Waals surface area contributed by atoms with Gasteiger partial charge in [0.2, 0.25) is 0 Å². The molecule has 0 saturated carbocycles. The van der Waals surface area contributed by atoms with Crippen LogP contribution in [0.5, 0.6) is 0 Å². The van der Waals surface area contributed by atoms with E-state index in [9.17, 15) is 14.7 Å². The molecule has 0 aromatic rings. The number of nitrogens with zero attached hydrogens (tertiary/aromatic N) is 3. The standard InChI is InChI=1S/C15H25N3O4/c1-10-6-16(7-11(2)22-10)8-12(19)9-18-14(20)13-4-3-5-17(13)15(18)21/h10-13,19H,3-9H2,1-2H3/t10-,11+,12-,13+/m0/s1. The second-order valence-electron chi connectivity index (χ2n) is 6.71. The Balaban J connectivity index is 1.54. The summed E-state index contributed by atoms with van der Waals surface area (Å²) >= 11 is 0. The van der Waals surface area contributed by atoms with E-state index in [4.69, 9.17) is 4.74 Å². The summed E-state index contributed by atoms with van der Waals surface area (Å²) in [7, 11) is 0. The Kier molecular flexibility index (Phi) is 4.38. The smallest absolute Gasteiger partial charge is 0.327 e. The molecule has 0 aliphatic carbocycles. The maximum Gasteiger partial charge on any atom is 0.327 e. The molecule has 7 heteroatoms. The molecule has 3 saturated heterocycles. The van der Waals surface area contributed by atoms with Gasteiger partial charge in [-0.1, -0.05) is 0 Å². The van der Waals surface area contributed by atoms with Crippen LogP contribution in [0.2, 0.25) is 0 Å². The zero-order valence-corrected chi connectivity index (χ0v) is 13.3. The fourth-order valence-corrected chi connectivity index (χ4v) is 3.85. The normalized spacial score (nSPS) is 34.4. The number of imide groups is 1. The van der Waals surface area contributed by atoms with E-state index in [0.29, 0.717) is 13.1 Å². The molecular weight excluding hydrogens is 286 g/mol. The molecule has 3 fully saturated rings. The van der Waals surface area contributed by atoms with Gasteiger partial charge in [-0.15, -0.1) is 0 Å². The van der Waals surface area contributed by atoms with Gasteiger partial charge in [0.05, 0.1) is 24.9 Å². The highest BCUT2D eigenvalue weighted by molar-refractivity contribution is 6.04. The first-order valence-corrected chi connectivity index (χ1v) is 8.13. The van der Waals surface area contributed by atoms with Crippen molar-refractivity contribution < 1.29 is 19.4 Å². The highest BCUT2D eigenvalue weighted by Gasteiger charge is 2.47. The van der Waals surface area contributed by atoms with Crippen LogP contribution in [0, 0.1) is 0 Å². The number of hydrogen-bond acceptors (Lipinski definition) is 5. The van der Waals surface area contributed by atoms with Gasteiger partial charge in [-0.25, -0.2) is 4.79 Å². The Hall–Kier alpha value is -1.18. The quantitative estimate of drug-likeness (QED) is 0.733. The molecule has 0 unspecified atom stereocenters. The van der Waals surface area contributed by atoms with Gasteiger partial charge in [-0.2, -0.15) is 0 Å². The summed E-state index contributed by atoms with van der Waals surface area (Å²) in [5.41, 5.74) is 0. The number of carbonyl (C=O) groups excluding carboxylic acids is 2. The molecule has 7 nitrogen and oxygen atoms in total. The lowest BCUT2D eigenvalue weighted by molar-refractivity contribution is -0.129. The molecule has 0 bridgehead atoms. The lowest BCUT2D eigenvalue weighted by Gasteiger charge is -2.36. The fourth-order valence-electron chi connectivity index (χ4n) is 3.85. The number of rotatable bonds is 4. The number of β-amino-alcohol motifs (C(OH)–C–C–N with tert-alkyl or cyclic N) is 1. The first-order valence-electron chi connectivity index (χ1n) is 8.13. The first-order chi connectivity index (χ1) is 10.5. The molecule has 22 heavy (non-hydrogen) atoms. The topological polar surface area (TPSA) is 73.3 Å². The van der Waals surface area contributed by atoms with Crippen molar-refractivity contribution in [1.29, 1.82) is 0 Å². The van der Waals surface area contributed by atoms with Crippen LogP contribution in [0.1, 0.15) is 26.7 Å². The minimum atomic E-state index is -0.717. The van der Waals surface area contributed by atoms with E-state index in [0.717, 1.165) is 25.9 Å². The molecule has 1 N–H and O–H groups in total. The van der Waals surface area contributed by atoms with Crippen molar-refractivity contribution >= 4 is 11.9 Å². The maximum absolute atomic E-state index is 12.2. The van der Waals surface area contributed by atoms with E-state index < -0.39 is 6.10 Å². The van der Waals surface area contributed by atoms with Crippen LogP contribution >= 0.6 is 0 Å². The summed E-state index contributed by atoms with van der Waals surface area (Å²) in [4.78, 5) is 29.5. The predicted octanol–water partition coefficient (Wildman–Crippen LogP) is -0.117. The van der Waals surface area contributed by atoms with Crippen molar-refractivity contribution in [3.05, 3.63) is 0 Å². The average Bonchev–Trinajstić information content (AvgIpc) is 2.98. The van der Waals surface area contributed by atoms with Crippen LogP contribution in [-0.2, 0) is 9.53 Å². The average molecular weight is 311 g/mol. The molecular formula is C15H25N3O4. The van der Waals surface area contributed by atoms with Gasteiger partial charge in [0, 0.05) is 26.2 Å². The van der Waals surface area contributed by atoms with E-state index in [2.05, 4.69) is 4.90 Å². The monoisotopic (exact) mass is 311 g/mol. The van der Waals surface area contributed by atoms with E-state index in [-0.39, 0.29) is 36.7 Å². The van der Waals surface area contributed by atoms with E-state index in [1.54, 1.807) is 4.90 Å². The largest absolute Gasteiger partial charge is 0.390 e. The van der Waals surface area contributed by atoms with Crippen molar-refractivity contribution in [3.8, 4) is 0 Å². The van der Waals surface area contributed by atoms with Crippen molar-refractivity contribution in [2.45, 2.75) is 51.0 Å². The zero-order chi connectivity index (χ0) is 15.9. The number of hydrogen-bond donors (Lipinski definition) is 1. The van der Waals surface area contributed by atoms with Crippen molar-refractivity contribution in [2.24, 2.45) is 0 Å². The molecule has 3 aliphatic rings. The number of morpholine rings is 1.